The van der Waals surface area contributed by atoms with E-state index in [9.17, 15) is 15.2 Å². The number of anilines is 2. The second-order valence-corrected chi connectivity index (χ2v) is 18.1. The number of nitriles is 1. The Labute approximate surface area is 301 Å². The number of fused-ring (bicyclic) bond motifs is 1. The molecular formula is C37H42BrN7O4Si. The lowest BCUT2D eigenvalue weighted by atomic mass is 10.1. The standard InChI is InChI=1S/C37H42BrN7O4Si/c1-6-13-27(20-21-49-50(37(2,3)4,28-14-9-7-10-15-28)29-16-11-8-12-17-29)40-34-32-31(41-35(42-34)43-36(46)47)33(38)44-45(32)24-26-19-18-25(23-39)22-30(26)48-5/h7-12,14-19,22,27H,6,13,20-21,24H2,1-5H3,(H,46,47)(H2,40,41,42,43)/t27-/m0/s1. The van der Waals surface area contributed by atoms with Gasteiger partial charge in [0.05, 0.1) is 25.3 Å². The third-order valence-corrected chi connectivity index (χ3v) is 14.3. The molecule has 2 heterocycles. The highest BCUT2D eigenvalue weighted by molar-refractivity contribution is 9.10. The number of benzene rings is 3. The lowest BCUT2D eigenvalue weighted by Gasteiger charge is -2.43. The lowest BCUT2D eigenvalue weighted by Crippen LogP contribution is -2.66. The van der Waals surface area contributed by atoms with E-state index in [0.717, 1.165) is 18.4 Å². The minimum atomic E-state index is -2.75. The number of hydrogen-bond donors (Lipinski definition) is 3. The molecule has 0 bridgehead atoms. The summed E-state index contributed by atoms with van der Waals surface area (Å²) >= 11 is 3.53. The molecule has 1 amide bonds. The molecule has 50 heavy (non-hydrogen) atoms. The SMILES string of the molecule is CCC[C@@H](CCO[Si](c1ccccc1)(c1ccccc1)C(C)(C)C)Nc1nc(NC(=O)O)nc2c(Br)nn(Cc3ccc(C#N)cc3OC)c12. The number of amides is 1. The molecule has 0 saturated heterocycles. The van der Waals surface area contributed by atoms with Crippen LogP contribution in [0.2, 0.25) is 5.04 Å². The Balaban J connectivity index is 1.51. The van der Waals surface area contributed by atoms with Crippen molar-refractivity contribution in [3.8, 4) is 11.8 Å². The van der Waals surface area contributed by atoms with Crippen LogP contribution in [0.25, 0.3) is 11.0 Å². The number of carbonyl (C=O) groups is 1. The van der Waals surface area contributed by atoms with E-state index in [2.05, 4.69) is 119 Å². The van der Waals surface area contributed by atoms with Crippen molar-refractivity contribution >= 4 is 63.5 Å². The van der Waals surface area contributed by atoms with Crippen molar-refractivity contribution in [2.24, 2.45) is 0 Å². The summed E-state index contributed by atoms with van der Waals surface area (Å²) in [4.78, 5) is 20.8. The smallest absolute Gasteiger partial charge is 0.411 e. The van der Waals surface area contributed by atoms with Crippen LogP contribution in [0, 0.1) is 11.3 Å². The van der Waals surface area contributed by atoms with Gasteiger partial charge in [-0.3, -0.25) is 10.00 Å². The molecule has 11 nitrogen and oxygen atoms in total. The molecule has 5 aromatic rings. The second kappa shape index (κ2) is 15.8. The predicted octanol–water partition coefficient (Wildman–Crippen LogP) is 7.15. The number of ether oxygens (including phenoxy) is 1. The van der Waals surface area contributed by atoms with Gasteiger partial charge in [0.15, 0.2) is 10.4 Å². The average molecular weight is 757 g/mol. The molecule has 3 N–H and O–H groups in total. The summed E-state index contributed by atoms with van der Waals surface area (Å²) in [5.41, 5.74) is 2.31. The number of aromatic nitrogens is 4. The molecule has 260 valence electrons. The first-order valence-corrected chi connectivity index (χ1v) is 19.2. The molecule has 0 aliphatic rings. The van der Waals surface area contributed by atoms with E-state index in [1.54, 1.807) is 23.9 Å². The van der Waals surface area contributed by atoms with Gasteiger partial charge in [-0.05, 0) is 56.3 Å². The van der Waals surface area contributed by atoms with Gasteiger partial charge in [-0.15, -0.1) is 0 Å². The maximum atomic E-state index is 11.7. The Morgan fingerprint density at radius 2 is 1.70 bits per heavy atom. The van der Waals surface area contributed by atoms with Crippen LogP contribution < -0.4 is 25.7 Å². The van der Waals surface area contributed by atoms with Gasteiger partial charge >= 0.3 is 6.09 Å². The minimum Gasteiger partial charge on any atom is -0.496 e. The maximum absolute atomic E-state index is 11.7. The fraction of sp³-hybridized carbons (Fsp3) is 0.324. The van der Waals surface area contributed by atoms with Crippen LogP contribution in [0.1, 0.15) is 58.1 Å². The zero-order valence-corrected chi connectivity index (χ0v) is 31.5. The van der Waals surface area contributed by atoms with E-state index in [1.165, 1.54) is 10.4 Å². The molecule has 0 saturated carbocycles. The fourth-order valence-corrected chi connectivity index (χ4v) is 11.5. The number of carboxylic acid groups (broad SMARTS) is 1. The van der Waals surface area contributed by atoms with Crippen molar-refractivity contribution in [3.05, 3.63) is 94.6 Å². The minimum absolute atomic E-state index is 0.0671. The van der Waals surface area contributed by atoms with E-state index >= 15 is 0 Å². The van der Waals surface area contributed by atoms with Crippen LogP contribution in [0.15, 0.2) is 83.5 Å². The summed E-state index contributed by atoms with van der Waals surface area (Å²) in [6, 6.07) is 28.4. The Hall–Kier alpha value is -4.77. The molecule has 5 rings (SSSR count). The molecule has 0 fully saturated rings. The van der Waals surface area contributed by atoms with Crippen LogP contribution >= 0.6 is 15.9 Å². The van der Waals surface area contributed by atoms with E-state index in [-0.39, 0.29) is 23.6 Å². The molecule has 3 aromatic carbocycles. The highest BCUT2D eigenvalue weighted by atomic mass is 79.9. The molecular weight excluding hydrogens is 714 g/mol. The molecule has 0 radical (unpaired) electrons. The topological polar surface area (TPSA) is 147 Å². The zero-order chi connectivity index (χ0) is 35.9. The van der Waals surface area contributed by atoms with Crippen molar-refractivity contribution in [1.29, 1.82) is 5.26 Å². The van der Waals surface area contributed by atoms with E-state index in [0.29, 0.717) is 45.8 Å². The molecule has 2 aromatic heterocycles. The van der Waals surface area contributed by atoms with Gasteiger partial charge < -0.3 is 19.6 Å². The molecule has 13 heteroatoms. The van der Waals surface area contributed by atoms with Crippen LogP contribution in [0.3, 0.4) is 0 Å². The Kier molecular flexibility index (Phi) is 11.6. The van der Waals surface area contributed by atoms with Crippen LogP contribution in [-0.4, -0.2) is 59.0 Å². The third-order valence-electron chi connectivity index (χ3n) is 8.68. The summed E-state index contributed by atoms with van der Waals surface area (Å²) in [6.07, 6.45) is 1.11. The highest BCUT2D eigenvalue weighted by Crippen LogP contribution is 2.37. The molecule has 0 aliphatic heterocycles. The summed E-state index contributed by atoms with van der Waals surface area (Å²) in [5, 5.41) is 31.8. The monoisotopic (exact) mass is 755 g/mol. The second-order valence-electron chi connectivity index (χ2n) is 13.0. The van der Waals surface area contributed by atoms with Crippen molar-refractivity contribution in [2.75, 3.05) is 24.4 Å². The first kappa shape index (κ1) is 36.5. The molecule has 0 unspecified atom stereocenters. The maximum Gasteiger partial charge on any atom is 0.411 e. The normalized spacial score (nSPS) is 12.3. The van der Waals surface area contributed by atoms with Crippen molar-refractivity contribution in [3.63, 3.8) is 0 Å². The van der Waals surface area contributed by atoms with Gasteiger partial charge in [0.1, 0.15) is 16.8 Å². The fourth-order valence-electron chi connectivity index (χ4n) is 6.47. The first-order valence-electron chi connectivity index (χ1n) is 16.5. The number of halogens is 1. The van der Waals surface area contributed by atoms with E-state index in [1.807, 2.05) is 18.2 Å². The van der Waals surface area contributed by atoms with Crippen molar-refractivity contribution in [1.82, 2.24) is 19.7 Å². The van der Waals surface area contributed by atoms with Gasteiger partial charge in [-0.1, -0.05) is 101 Å². The number of nitrogens with one attached hydrogen (secondary N) is 2. The zero-order valence-electron chi connectivity index (χ0n) is 28.9. The van der Waals surface area contributed by atoms with Crippen LogP contribution in [-0.2, 0) is 11.0 Å². The summed E-state index contributed by atoms with van der Waals surface area (Å²) < 4.78 is 15.0. The van der Waals surface area contributed by atoms with Crippen molar-refractivity contribution in [2.45, 2.75) is 64.6 Å². The highest BCUT2D eigenvalue weighted by Gasteiger charge is 2.50. The van der Waals surface area contributed by atoms with Gasteiger partial charge in [0, 0.05) is 18.2 Å². The number of rotatable bonds is 14. The van der Waals surface area contributed by atoms with Crippen molar-refractivity contribution < 1.29 is 19.1 Å². The largest absolute Gasteiger partial charge is 0.496 e. The third kappa shape index (κ3) is 7.83. The molecule has 1 atom stereocenters. The molecule has 0 aliphatic carbocycles. The van der Waals surface area contributed by atoms with Gasteiger partial charge in [0.25, 0.3) is 8.32 Å². The van der Waals surface area contributed by atoms with E-state index in [4.69, 9.17) is 14.3 Å². The van der Waals surface area contributed by atoms with E-state index < -0.39 is 14.4 Å². The summed E-state index contributed by atoms with van der Waals surface area (Å²) in [5.74, 6) is 0.920. The van der Waals surface area contributed by atoms with Crippen LogP contribution in [0.4, 0.5) is 16.6 Å². The van der Waals surface area contributed by atoms with Crippen LogP contribution in [0.5, 0.6) is 5.75 Å². The Morgan fingerprint density at radius 1 is 1.04 bits per heavy atom. The van der Waals surface area contributed by atoms with Gasteiger partial charge in [0.2, 0.25) is 5.95 Å². The Morgan fingerprint density at radius 3 is 2.26 bits per heavy atom. The van der Waals surface area contributed by atoms with Gasteiger partial charge in [-0.25, -0.2) is 9.78 Å². The summed E-state index contributed by atoms with van der Waals surface area (Å²) in [7, 11) is -1.19. The van der Waals surface area contributed by atoms with Gasteiger partial charge in [-0.2, -0.15) is 15.3 Å². The number of methoxy groups -OCH3 is 1. The number of hydrogen-bond acceptors (Lipinski definition) is 8. The predicted molar refractivity (Wildman–Crippen MR) is 202 cm³/mol. The molecule has 0 spiro atoms. The first-order chi connectivity index (χ1) is 24.0. The quantitative estimate of drug-likeness (QED) is 0.101. The Bertz CT molecular complexity index is 1940. The summed E-state index contributed by atoms with van der Waals surface area (Å²) in [6.45, 7) is 9.69. The number of nitrogens with zero attached hydrogens (tertiary/aromatic N) is 5. The lowest BCUT2D eigenvalue weighted by molar-refractivity contribution is 0.209. The average Bonchev–Trinajstić information content (AvgIpc) is 3.41.